The highest BCUT2D eigenvalue weighted by Crippen LogP contribution is 2.29. The van der Waals surface area contributed by atoms with Crippen LogP contribution in [0.1, 0.15) is 49.8 Å². The van der Waals surface area contributed by atoms with E-state index in [-0.39, 0.29) is 17.7 Å². The number of esters is 1. The van der Waals surface area contributed by atoms with E-state index in [1.807, 2.05) is 104 Å². The van der Waals surface area contributed by atoms with Crippen LogP contribution < -0.4 is 10.1 Å². The molecule has 1 aliphatic rings. The second-order valence-electron chi connectivity index (χ2n) is 11.2. The average Bonchev–Trinajstić information content (AvgIpc) is 3.01. The number of nitrogens with zero attached hydrogens (tertiary/aromatic N) is 1. The zero-order chi connectivity index (χ0) is 29.2. The number of benzene rings is 3. The number of hydrogen-bond acceptors (Lipinski definition) is 5. The number of piperidine rings is 1. The Labute approximate surface area is 242 Å². The quantitative estimate of drug-likeness (QED) is 0.333. The first kappa shape index (κ1) is 29.8. The largest absolute Gasteiger partial charge is 0.489 e. The van der Waals surface area contributed by atoms with Gasteiger partial charge in [0.05, 0.1) is 12.5 Å². The van der Waals surface area contributed by atoms with E-state index >= 15 is 0 Å². The van der Waals surface area contributed by atoms with Crippen LogP contribution in [0.3, 0.4) is 0 Å². The molecule has 2 amide bonds. The highest BCUT2D eigenvalue weighted by atomic mass is 16.5. The van der Waals surface area contributed by atoms with Gasteiger partial charge < -0.3 is 19.7 Å². The molecule has 7 nitrogen and oxygen atoms in total. The Bertz CT molecular complexity index is 1280. The Morgan fingerprint density at radius 2 is 1.49 bits per heavy atom. The molecule has 4 rings (SSSR count). The van der Waals surface area contributed by atoms with Gasteiger partial charge >= 0.3 is 5.97 Å². The summed E-state index contributed by atoms with van der Waals surface area (Å²) in [5.74, 6) is 0.323. The minimum Gasteiger partial charge on any atom is -0.489 e. The topological polar surface area (TPSA) is 84.9 Å². The molecule has 0 bridgehead atoms. The van der Waals surface area contributed by atoms with Gasteiger partial charge in [-0.15, -0.1) is 0 Å². The Morgan fingerprint density at radius 3 is 2.10 bits per heavy atom. The van der Waals surface area contributed by atoms with E-state index in [0.29, 0.717) is 32.5 Å². The lowest BCUT2D eigenvalue weighted by Gasteiger charge is -2.37. The third kappa shape index (κ3) is 8.19. The summed E-state index contributed by atoms with van der Waals surface area (Å²) in [4.78, 5) is 40.6. The van der Waals surface area contributed by atoms with Gasteiger partial charge in [0.1, 0.15) is 18.4 Å². The van der Waals surface area contributed by atoms with Gasteiger partial charge in [-0.1, -0.05) is 72.8 Å². The first-order valence-electron chi connectivity index (χ1n) is 14.2. The molecule has 3 aromatic carbocycles. The zero-order valence-corrected chi connectivity index (χ0v) is 24.2. The lowest BCUT2D eigenvalue weighted by molar-refractivity contribution is -0.145. The van der Waals surface area contributed by atoms with E-state index in [2.05, 4.69) is 5.32 Å². The molecular weight excluding hydrogens is 516 g/mol. The predicted molar refractivity (Wildman–Crippen MR) is 158 cm³/mol. The molecule has 0 spiro atoms. The van der Waals surface area contributed by atoms with Gasteiger partial charge in [-0.25, -0.2) is 4.79 Å². The van der Waals surface area contributed by atoms with Crippen molar-refractivity contribution in [2.75, 3.05) is 20.2 Å². The molecule has 1 N–H and O–H groups in total. The fraction of sp³-hybridized carbons (Fsp3) is 0.382. The van der Waals surface area contributed by atoms with Gasteiger partial charge in [-0.05, 0) is 61.4 Å². The molecule has 1 saturated heterocycles. The van der Waals surface area contributed by atoms with Crippen LogP contribution in [0.4, 0.5) is 0 Å². The summed E-state index contributed by atoms with van der Waals surface area (Å²) in [7, 11) is 1.33. The van der Waals surface area contributed by atoms with Gasteiger partial charge in [0.15, 0.2) is 0 Å². The molecule has 1 heterocycles. The summed E-state index contributed by atoms with van der Waals surface area (Å²) in [6.45, 7) is 5.63. The monoisotopic (exact) mass is 556 g/mol. The van der Waals surface area contributed by atoms with Crippen molar-refractivity contribution in [3.8, 4) is 5.75 Å². The second kappa shape index (κ2) is 14.0. The number of carbonyl (C=O) groups excluding carboxylic acids is 3. The van der Waals surface area contributed by atoms with Crippen LogP contribution >= 0.6 is 0 Å². The van der Waals surface area contributed by atoms with Crippen LogP contribution in [0.15, 0.2) is 84.9 Å². The van der Waals surface area contributed by atoms with Crippen LogP contribution in [0.2, 0.25) is 0 Å². The maximum absolute atomic E-state index is 13.3. The SMILES string of the molecule is COC(=O)[C@H](Cc1ccc(OCc2ccccc2)cc1)NC(=O)CC1CCN(C(=O)C(C)(C)c2ccccc2)CC1. The summed E-state index contributed by atoms with van der Waals surface area (Å²) >= 11 is 0. The van der Waals surface area contributed by atoms with Crippen LogP contribution in [-0.4, -0.2) is 48.9 Å². The molecule has 1 aliphatic heterocycles. The standard InChI is InChI=1S/C34H40N2O5/c1-34(2,28-12-8-5-9-13-28)33(39)36-20-18-26(19-21-36)23-31(37)35-30(32(38)40-3)22-25-14-16-29(17-15-25)41-24-27-10-6-4-7-11-27/h4-17,26,30H,18-24H2,1-3H3,(H,35,37)/t30-/m0/s1. The summed E-state index contributed by atoms with van der Waals surface area (Å²) in [5.41, 5.74) is 2.36. The number of ether oxygens (including phenoxy) is 2. The van der Waals surface area contributed by atoms with E-state index in [1.165, 1.54) is 7.11 Å². The molecule has 0 aromatic heterocycles. The lowest BCUT2D eigenvalue weighted by atomic mass is 9.82. The molecule has 0 unspecified atom stereocenters. The summed E-state index contributed by atoms with van der Waals surface area (Å²) in [6, 6.07) is 26.5. The first-order chi connectivity index (χ1) is 19.8. The first-order valence-corrected chi connectivity index (χ1v) is 14.2. The molecule has 0 aliphatic carbocycles. The van der Waals surface area contributed by atoms with E-state index in [4.69, 9.17) is 9.47 Å². The molecule has 41 heavy (non-hydrogen) atoms. The molecular formula is C34H40N2O5. The van der Waals surface area contributed by atoms with Crippen molar-refractivity contribution in [2.24, 2.45) is 5.92 Å². The Balaban J connectivity index is 1.26. The highest BCUT2D eigenvalue weighted by Gasteiger charge is 2.35. The number of amides is 2. The van der Waals surface area contributed by atoms with Crippen molar-refractivity contribution in [1.82, 2.24) is 10.2 Å². The Morgan fingerprint density at radius 1 is 0.878 bits per heavy atom. The molecule has 0 saturated carbocycles. The Kier molecular flexibility index (Phi) is 10.2. The van der Waals surface area contributed by atoms with Crippen LogP contribution in [0.25, 0.3) is 0 Å². The molecule has 216 valence electrons. The van der Waals surface area contributed by atoms with E-state index in [9.17, 15) is 14.4 Å². The fourth-order valence-corrected chi connectivity index (χ4v) is 5.26. The summed E-state index contributed by atoms with van der Waals surface area (Å²) in [6.07, 6.45) is 2.12. The van der Waals surface area contributed by atoms with Crippen LogP contribution in [0, 0.1) is 5.92 Å². The second-order valence-corrected chi connectivity index (χ2v) is 11.2. The van der Waals surface area contributed by atoms with Crippen LogP contribution in [0.5, 0.6) is 5.75 Å². The normalized spacial score (nSPS) is 14.7. The molecule has 1 atom stereocenters. The average molecular weight is 557 g/mol. The highest BCUT2D eigenvalue weighted by molar-refractivity contribution is 5.87. The lowest BCUT2D eigenvalue weighted by Crippen LogP contribution is -2.48. The minimum absolute atomic E-state index is 0.105. The van der Waals surface area contributed by atoms with Crippen molar-refractivity contribution in [2.45, 2.75) is 57.6 Å². The van der Waals surface area contributed by atoms with Crippen molar-refractivity contribution < 1.29 is 23.9 Å². The summed E-state index contributed by atoms with van der Waals surface area (Å²) < 4.78 is 10.8. The third-order valence-electron chi connectivity index (χ3n) is 7.84. The van der Waals surface area contributed by atoms with Crippen molar-refractivity contribution in [3.63, 3.8) is 0 Å². The van der Waals surface area contributed by atoms with E-state index in [0.717, 1.165) is 35.3 Å². The van der Waals surface area contributed by atoms with Gasteiger partial charge in [0.2, 0.25) is 11.8 Å². The minimum atomic E-state index is -0.781. The third-order valence-corrected chi connectivity index (χ3v) is 7.84. The van der Waals surface area contributed by atoms with E-state index in [1.54, 1.807) is 0 Å². The van der Waals surface area contributed by atoms with Crippen molar-refractivity contribution >= 4 is 17.8 Å². The van der Waals surface area contributed by atoms with E-state index < -0.39 is 17.4 Å². The maximum atomic E-state index is 13.3. The molecule has 3 aromatic rings. The smallest absolute Gasteiger partial charge is 0.328 e. The van der Waals surface area contributed by atoms with Crippen molar-refractivity contribution in [3.05, 3.63) is 102 Å². The molecule has 0 radical (unpaired) electrons. The van der Waals surface area contributed by atoms with Gasteiger partial charge in [-0.3, -0.25) is 9.59 Å². The number of hydrogen-bond donors (Lipinski definition) is 1. The zero-order valence-electron chi connectivity index (χ0n) is 24.2. The van der Waals surface area contributed by atoms with Crippen LogP contribution in [-0.2, 0) is 37.6 Å². The Hall–Kier alpha value is -4.13. The number of rotatable bonds is 11. The number of methoxy groups -OCH3 is 1. The fourth-order valence-electron chi connectivity index (χ4n) is 5.26. The van der Waals surface area contributed by atoms with Gasteiger partial charge in [0.25, 0.3) is 0 Å². The number of carbonyl (C=O) groups is 3. The molecule has 1 fully saturated rings. The van der Waals surface area contributed by atoms with Crippen molar-refractivity contribution in [1.29, 1.82) is 0 Å². The molecule has 7 heteroatoms. The number of nitrogens with one attached hydrogen (secondary N) is 1. The summed E-state index contributed by atoms with van der Waals surface area (Å²) in [5, 5.41) is 2.88. The van der Waals surface area contributed by atoms with Gasteiger partial charge in [0, 0.05) is 25.9 Å². The predicted octanol–water partition coefficient (Wildman–Crippen LogP) is 5.07. The number of likely N-dealkylation sites (tertiary alicyclic amines) is 1. The van der Waals surface area contributed by atoms with Gasteiger partial charge in [-0.2, -0.15) is 0 Å². The maximum Gasteiger partial charge on any atom is 0.328 e.